The summed E-state index contributed by atoms with van der Waals surface area (Å²) >= 11 is 0. The molecule has 0 aliphatic carbocycles. The second-order valence-corrected chi connectivity index (χ2v) is 1.99. The number of carbonyl (C=O) groups excluding carboxylic acids is 1. The summed E-state index contributed by atoms with van der Waals surface area (Å²) in [5, 5.41) is 12.5. The summed E-state index contributed by atoms with van der Waals surface area (Å²) in [6.07, 6.45) is -1.03. The monoisotopic (exact) mass is 131 g/mol. The van der Waals surface area contributed by atoms with Crippen molar-refractivity contribution in [3.63, 3.8) is 0 Å². The number of urea groups is 1. The average molecular weight is 131 g/mol. The van der Waals surface area contributed by atoms with Gasteiger partial charge in [0.1, 0.15) is 0 Å². The standard InChI is InChI=1S/C5H11N2O2/c1-4(8)6-5(9)7(2)3/h4H,1-3H3,(H,6,9). The summed E-state index contributed by atoms with van der Waals surface area (Å²) in [6.45, 7) is 1.38. The first-order valence-electron chi connectivity index (χ1n) is 2.67. The zero-order chi connectivity index (χ0) is 7.44. The van der Waals surface area contributed by atoms with Crippen LogP contribution in [-0.2, 0) is 5.11 Å². The van der Waals surface area contributed by atoms with Crippen LogP contribution in [0, 0.1) is 0 Å². The molecule has 4 heteroatoms. The number of hydrogen-bond acceptors (Lipinski definition) is 1. The molecule has 0 fully saturated rings. The number of nitrogens with one attached hydrogen (secondary N) is 1. The summed E-state index contributed by atoms with van der Waals surface area (Å²) in [5.41, 5.74) is 0. The Morgan fingerprint density at radius 2 is 2.00 bits per heavy atom. The van der Waals surface area contributed by atoms with Crippen LogP contribution in [0.3, 0.4) is 0 Å². The highest BCUT2D eigenvalue weighted by Crippen LogP contribution is 1.79. The van der Waals surface area contributed by atoms with Gasteiger partial charge in [-0.25, -0.2) is 9.90 Å². The normalized spacial score (nSPS) is 12.4. The van der Waals surface area contributed by atoms with Crippen molar-refractivity contribution in [1.29, 1.82) is 0 Å². The maximum Gasteiger partial charge on any atom is 0.318 e. The molecule has 1 unspecified atom stereocenters. The highest BCUT2D eigenvalue weighted by molar-refractivity contribution is 5.73. The Balaban J connectivity index is 3.51. The SMILES string of the molecule is CC([O])NC(=O)N(C)C. The molecule has 0 aromatic rings. The number of hydrogen-bond donors (Lipinski definition) is 1. The van der Waals surface area contributed by atoms with Gasteiger partial charge in [0.2, 0.25) is 0 Å². The highest BCUT2D eigenvalue weighted by atomic mass is 16.3. The molecule has 0 heterocycles. The van der Waals surface area contributed by atoms with Crippen LogP contribution in [-0.4, -0.2) is 31.3 Å². The van der Waals surface area contributed by atoms with Crippen molar-refractivity contribution in [2.75, 3.05) is 14.1 Å². The molecule has 1 atom stereocenters. The molecule has 0 aromatic heterocycles. The summed E-state index contributed by atoms with van der Waals surface area (Å²) < 4.78 is 0. The van der Waals surface area contributed by atoms with Crippen molar-refractivity contribution in [2.45, 2.75) is 13.2 Å². The van der Waals surface area contributed by atoms with E-state index in [0.717, 1.165) is 0 Å². The van der Waals surface area contributed by atoms with Crippen LogP contribution in [0.15, 0.2) is 0 Å². The molecule has 1 radical (unpaired) electrons. The Kier molecular flexibility index (Phi) is 3.01. The first kappa shape index (κ1) is 8.23. The van der Waals surface area contributed by atoms with Gasteiger partial charge in [-0.1, -0.05) is 0 Å². The predicted octanol–water partition coefficient (Wildman–Crippen LogP) is 0.0341. The summed E-state index contributed by atoms with van der Waals surface area (Å²) in [6, 6.07) is -0.350. The summed E-state index contributed by atoms with van der Waals surface area (Å²) in [7, 11) is 3.16. The molecule has 0 rings (SSSR count). The van der Waals surface area contributed by atoms with Gasteiger partial charge in [-0.3, -0.25) is 0 Å². The van der Waals surface area contributed by atoms with Crippen LogP contribution in [0.1, 0.15) is 6.92 Å². The fourth-order valence-electron chi connectivity index (χ4n) is 0.303. The van der Waals surface area contributed by atoms with Crippen molar-refractivity contribution >= 4 is 6.03 Å². The van der Waals surface area contributed by atoms with Gasteiger partial charge in [0.05, 0.1) is 0 Å². The van der Waals surface area contributed by atoms with Crippen LogP contribution in [0.4, 0.5) is 4.79 Å². The van der Waals surface area contributed by atoms with Crippen LogP contribution >= 0.6 is 0 Å². The minimum Gasteiger partial charge on any atom is -0.331 e. The van der Waals surface area contributed by atoms with E-state index in [1.54, 1.807) is 14.1 Å². The van der Waals surface area contributed by atoms with Gasteiger partial charge in [-0.2, -0.15) is 0 Å². The van der Waals surface area contributed by atoms with Crippen molar-refractivity contribution < 1.29 is 9.90 Å². The van der Waals surface area contributed by atoms with Gasteiger partial charge in [0, 0.05) is 14.1 Å². The van der Waals surface area contributed by atoms with Gasteiger partial charge >= 0.3 is 6.03 Å². The molecule has 0 spiro atoms. The van der Waals surface area contributed by atoms with Crippen molar-refractivity contribution in [1.82, 2.24) is 10.2 Å². The van der Waals surface area contributed by atoms with E-state index in [4.69, 9.17) is 0 Å². The zero-order valence-corrected chi connectivity index (χ0v) is 5.84. The molecule has 0 aromatic carbocycles. The van der Waals surface area contributed by atoms with Crippen LogP contribution in [0.25, 0.3) is 0 Å². The lowest BCUT2D eigenvalue weighted by molar-refractivity contribution is 0.0786. The van der Waals surface area contributed by atoms with E-state index in [9.17, 15) is 9.90 Å². The molecule has 1 N–H and O–H groups in total. The third-order valence-corrected chi connectivity index (χ3v) is 0.733. The molecular formula is C5H11N2O2. The Labute approximate surface area is 54.5 Å². The van der Waals surface area contributed by atoms with E-state index >= 15 is 0 Å². The highest BCUT2D eigenvalue weighted by Gasteiger charge is 2.04. The van der Waals surface area contributed by atoms with Gasteiger partial charge in [-0.15, -0.1) is 0 Å². The lowest BCUT2D eigenvalue weighted by Crippen LogP contribution is -2.39. The van der Waals surface area contributed by atoms with E-state index in [1.807, 2.05) is 0 Å². The summed E-state index contributed by atoms with van der Waals surface area (Å²) in [4.78, 5) is 11.9. The third-order valence-electron chi connectivity index (χ3n) is 0.733. The Morgan fingerprint density at radius 1 is 1.56 bits per heavy atom. The Bertz CT molecular complexity index is 101. The molecule has 9 heavy (non-hydrogen) atoms. The maximum atomic E-state index is 10.6. The second-order valence-electron chi connectivity index (χ2n) is 1.99. The molecule has 0 aliphatic rings. The quantitative estimate of drug-likeness (QED) is 0.502. The van der Waals surface area contributed by atoms with E-state index in [1.165, 1.54) is 11.8 Å². The minimum atomic E-state index is -1.03. The first-order valence-corrected chi connectivity index (χ1v) is 2.67. The molecule has 0 saturated carbocycles. The molecular weight excluding hydrogens is 120 g/mol. The number of nitrogens with zero attached hydrogens (tertiary/aromatic N) is 1. The van der Waals surface area contributed by atoms with Crippen LogP contribution in [0.2, 0.25) is 0 Å². The lowest BCUT2D eigenvalue weighted by atomic mass is 10.6. The number of amides is 2. The summed E-state index contributed by atoms with van der Waals surface area (Å²) in [5.74, 6) is 0. The minimum absolute atomic E-state index is 0.350. The van der Waals surface area contributed by atoms with Crippen molar-refractivity contribution in [3.05, 3.63) is 0 Å². The molecule has 0 aliphatic heterocycles. The van der Waals surface area contributed by atoms with Crippen LogP contribution < -0.4 is 5.32 Å². The van der Waals surface area contributed by atoms with E-state index in [-0.39, 0.29) is 6.03 Å². The van der Waals surface area contributed by atoms with E-state index in [2.05, 4.69) is 5.32 Å². The zero-order valence-electron chi connectivity index (χ0n) is 5.84. The largest absolute Gasteiger partial charge is 0.331 e. The maximum absolute atomic E-state index is 10.6. The fraction of sp³-hybridized carbons (Fsp3) is 0.800. The molecule has 0 saturated heterocycles. The first-order chi connectivity index (χ1) is 4.04. The third kappa shape index (κ3) is 3.78. The molecule has 2 amide bonds. The smallest absolute Gasteiger partial charge is 0.318 e. The molecule has 53 valence electrons. The van der Waals surface area contributed by atoms with Gasteiger partial charge in [0.15, 0.2) is 6.23 Å². The van der Waals surface area contributed by atoms with Crippen molar-refractivity contribution in [2.24, 2.45) is 0 Å². The van der Waals surface area contributed by atoms with Crippen molar-refractivity contribution in [3.8, 4) is 0 Å². The number of rotatable bonds is 1. The number of carbonyl (C=O) groups is 1. The Morgan fingerprint density at radius 3 is 2.11 bits per heavy atom. The predicted molar refractivity (Wildman–Crippen MR) is 32.4 cm³/mol. The van der Waals surface area contributed by atoms with Gasteiger partial charge in [-0.05, 0) is 6.92 Å². The van der Waals surface area contributed by atoms with Crippen LogP contribution in [0.5, 0.6) is 0 Å². The Hall–Kier alpha value is -0.770. The second kappa shape index (κ2) is 3.29. The van der Waals surface area contributed by atoms with Gasteiger partial charge < -0.3 is 10.2 Å². The topological polar surface area (TPSA) is 52.2 Å². The van der Waals surface area contributed by atoms with E-state index in [0.29, 0.717) is 0 Å². The average Bonchev–Trinajstić information content (AvgIpc) is 1.63. The molecule has 0 bridgehead atoms. The van der Waals surface area contributed by atoms with Gasteiger partial charge in [0.25, 0.3) is 0 Å². The molecule has 4 nitrogen and oxygen atoms in total. The fourth-order valence-corrected chi connectivity index (χ4v) is 0.303. The van der Waals surface area contributed by atoms with E-state index < -0.39 is 6.23 Å². The lowest BCUT2D eigenvalue weighted by Gasteiger charge is -2.11.